The quantitative estimate of drug-likeness (QED) is 0.354. The number of nitrogens with one attached hydrogen (secondary N) is 3. The van der Waals surface area contributed by atoms with E-state index in [9.17, 15) is 18.8 Å². The molecule has 1 atom stereocenters. The van der Waals surface area contributed by atoms with Crippen molar-refractivity contribution in [1.82, 2.24) is 30.2 Å². The summed E-state index contributed by atoms with van der Waals surface area (Å²) in [7, 11) is 1.44. The van der Waals surface area contributed by atoms with Crippen LogP contribution in [0.2, 0.25) is 0 Å². The number of aromatic nitrogens is 4. The van der Waals surface area contributed by atoms with Gasteiger partial charge in [0, 0.05) is 35.8 Å². The number of H-pyrrole nitrogens is 1. The summed E-state index contributed by atoms with van der Waals surface area (Å²) >= 11 is 0. The van der Waals surface area contributed by atoms with E-state index in [-0.39, 0.29) is 42.8 Å². The summed E-state index contributed by atoms with van der Waals surface area (Å²) < 4.78 is 19.1. The van der Waals surface area contributed by atoms with E-state index in [1.807, 2.05) is 0 Å². The first-order valence-electron chi connectivity index (χ1n) is 11.5. The number of ether oxygens (including phenoxy) is 1. The lowest BCUT2D eigenvalue weighted by Gasteiger charge is -2.29. The predicted molar refractivity (Wildman–Crippen MR) is 129 cm³/mol. The summed E-state index contributed by atoms with van der Waals surface area (Å²) in [5, 5.41) is 5.58. The number of benzene rings is 2. The van der Waals surface area contributed by atoms with Crippen molar-refractivity contribution in [3.05, 3.63) is 59.7 Å². The van der Waals surface area contributed by atoms with E-state index in [1.54, 1.807) is 18.2 Å². The number of nitrogens with zero attached hydrogens (tertiary/aromatic N) is 4. The molecule has 0 radical (unpaired) electrons. The van der Waals surface area contributed by atoms with E-state index in [0.717, 1.165) is 0 Å². The maximum Gasteiger partial charge on any atom is 0.255 e. The SMILES string of the molecule is COc1cc(F)ccc1-c1nc(Nc2cccc3c2CN(C2CCC(=O)NC2=O)C3=O)c2nc[nH]c2n1. The van der Waals surface area contributed by atoms with Gasteiger partial charge in [-0.3, -0.25) is 19.7 Å². The third kappa shape index (κ3) is 3.82. The summed E-state index contributed by atoms with van der Waals surface area (Å²) in [5.74, 6) is -0.620. The van der Waals surface area contributed by atoms with Gasteiger partial charge in [0.15, 0.2) is 22.8 Å². The zero-order valence-electron chi connectivity index (χ0n) is 19.5. The number of carbonyl (C=O) groups is 3. The molecule has 2 aliphatic rings. The van der Waals surface area contributed by atoms with Crippen molar-refractivity contribution >= 4 is 40.4 Å². The molecule has 2 aliphatic heterocycles. The lowest BCUT2D eigenvalue weighted by molar-refractivity contribution is -0.136. The molecule has 3 N–H and O–H groups in total. The van der Waals surface area contributed by atoms with Crippen LogP contribution in [0.4, 0.5) is 15.9 Å². The lowest BCUT2D eigenvalue weighted by atomic mass is 10.0. The molecule has 1 saturated heterocycles. The number of rotatable bonds is 5. The number of anilines is 2. The Kier molecular flexibility index (Phi) is 5.29. The van der Waals surface area contributed by atoms with Crippen molar-refractivity contribution in [1.29, 1.82) is 0 Å². The van der Waals surface area contributed by atoms with Crippen LogP contribution in [0.15, 0.2) is 42.7 Å². The first-order chi connectivity index (χ1) is 17.9. The molecule has 3 amide bonds. The molecule has 6 rings (SSSR count). The number of amides is 3. The highest BCUT2D eigenvalue weighted by Crippen LogP contribution is 2.36. The number of hydrogen-bond acceptors (Lipinski definition) is 8. The molecule has 2 aromatic carbocycles. The third-order valence-corrected chi connectivity index (χ3v) is 6.52. The topological polar surface area (TPSA) is 142 Å². The minimum atomic E-state index is -0.722. The van der Waals surface area contributed by atoms with Gasteiger partial charge in [-0.1, -0.05) is 6.07 Å². The molecule has 12 heteroatoms. The van der Waals surface area contributed by atoms with E-state index in [0.29, 0.717) is 39.4 Å². The van der Waals surface area contributed by atoms with Crippen LogP contribution in [-0.2, 0) is 16.1 Å². The minimum Gasteiger partial charge on any atom is -0.496 e. The number of fused-ring (bicyclic) bond motifs is 2. The average Bonchev–Trinajstić information content (AvgIpc) is 3.49. The zero-order valence-corrected chi connectivity index (χ0v) is 19.5. The van der Waals surface area contributed by atoms with Crippen molar-refractivity contribution in [2.75, 3.05) is 12.4 Å². The normalized spacial score (nSPS) is 17.2. The Labute approximate surface area is 209 Å². The second-order valence-corrected chi connectivity index (χ2v) is 8.70. The van der Waals surface area contributed by atoms with Crippen molar-refractivity contribution in [3.63, 3.8) is 0 Å². The largest absolute Gasteiger partial charge is 0.496 e. The van der Waals surface area contributed by atoms with E-state index in [1.165, 1.54) is 36.5 Å². The van der Waals surface area contributed by atoms with Crippen LogP contribution in [0.25, 0.3) is 22.6 Å². The Hall–Kier alpha value is -4.87. The smallest absolute Gasteiger partial charge is 0.255 e. The van der Waals surface area contributed by atoms with Crippen LogP contribution < -0.4 is 15.4 Å². The van der Waals surface area contributed by atoms with Gasteiger partial charge in [-0.15, -0.1) is 0 Å². The molecule has 2 aromatic heterocycles. The fourth-order valence-electron chi connectivity index (χ4n) is 4.72. The summed E-state index contributed by atoms with van der Waals surface area (Å²) in [6, 6.07) is 8.60. The van der Waals surface area contributed by atoms with E-state index >= 15 is 0 Å². The molecule has 186 valence electrons. The average molecular weight is 501 g/mol. The molecule has 0 bridgehead atoms. The number of hydrogen-bond donors (Lipinski definition) is 3. The first-order valence-corrected chi connectivity index (χ1v) is 11.5. The van der Waals surface area contributed by atoms with Crippen molar-refractivity contribution in [2.45, 2.75) is 25.4 Å². The molecular weight excluding hydrogens is 481 g/mol. The number of imidazole rings is 1. The van der Waals surface area contributed by atoms with Gasteiger partial charge in [0.2, 0.25) is 11.8 Å². The van der Waals surface area contributed by atoms with Gasteiger partial charge >= 0.3 is 0 Å². The molecular formula is C25H20FN7O4. The molecule has 1 unspecified atom stereocenters. The fourth-order valence-corrected chi connectivity index (χ4v) is 4.72. The number of halogens is 1. The van der Waals surface area contributed by atoms with Gasteiger partial charge in [-0.25, -0.2) is 19.3 Å². The van der Waals surface area contributed by atoms with Crippen LogP contribution in [0.5, 0.6) is 5.75 Å². The molecule has 1 fully saturated rings. The highest BCUT2D eigenvalue weighted by atomic mass is 19.1. The maximum atomic E-state index is 13.8. The Morgan fingerprint density at radius 3 is 2.81 bits per heavy atom. The standard InChI is InChI=1S/C25H20FN7O4/c1-37-18-9-12(26)5-6-14(18)21-31-22-20(27-11-28-22)23(32-21)29-16-4-2-3-13-15(16)10-33(25(13)36)17-7-8-19(34)30-24(17)35/h2-6,9,11,17H,7-8,10H2,1H3,(H,30,34,35)(H2,27,28,29,31,32). The molecule has 0 spiro atoms. The number of imide groups is 1. The van der Waals surface area contributed by atoms with Gasteiger partial charge in [-0.2, -0.15) is 0 Å². The highest BCUT2D eigenvalue weighted by molar-refractivity contribution is 6.06. The third-order valence-electron chi connectivity index (χ3n) is 6.52. The van der Waals surface area contributed by atoms with Gasteiger partial charge < -0.3 is 19.9 Å². The van der Waals surface area contributed by atoms with Crippen LogP contribution in [0, 0.1) is 5.82 Å². The first kappa shape index (κ1) is 22.6. The van der Waals surface area contributed by atoms with Crippen LogP contribution in [0.3, 0.4) is 0 Å². The molecule has 0 aliphatic carbocycles. The van der Waals surface area contributed by atoms with Crippen LogP contribution in [0.1, 0.15) is 28.8 Å². The van der Waals surface area contributed by atoms with Gasteiger partial charge in [0.1, 0.15) is 17.6 Å². The van der Waals surface area contributed by atoms with Crippen molar-refractivity contribution in [3.8, 4) is 17.1 Å². The van der Waals surface area contributed by atoms with E-state index in [4.69, 9.17) is 4.74 Å². The number of aromatic amines is 1. The Morgan fingerprint density at radius 1 is 1.14 bits per heavy atom. The van der Waals surface area contributed by atoms with Gasteiger partial charge in [0.05, 0.1) is 19.0 Å². The van der Waals surface area contributed by atoms with Crippen LogP contribution in [-0.4, -0.2) is 55.7 Å². The maximum absolute atomic E-state index is 13.8. The summed E-state index contributed by atoms with van der Waals surface area (Å²) in [6.07, 6.45) is 1.94. The van der Waals surface area contributed by atoms with Crippen molar-refractivity contribution < 1.29 is 23.5 Å². The molecule has 4 heterocycles. The summed E-state index contributed by atoms with van der Waals surface area (Å²) in [6.45, 7) is 0.192. The van der Waals surface area contributed by atoms with Crippen molar-refractivity contribution in [2.24, 2.45) is 0 Å². The molecule has 37 heavy (non-hydrogen) atoms. The van der Waals surface area contributed by atoms with Gasteiger partial charge in [0.25, 0.3) is 5.91 Å². The zero-order chi connectivity index (χ0) is 25.7. The predicted octanol–water partition coefficient (Wildman–Crippen LogP) is 2.67. The number of carbonyl (C=O) groups excluding carboxylic acids is 3. The summed E-state index contributed by atoms with van der Waals surface area (Å²) in [5.41, 5.74) is 3.17. The second kappa shape index (κ2) is 8.66. The highest BCUT2D eigenvalue weighted by Gasteiger charge is 2.40. The van der Waals surface area contributed by atoms with Crippen LogP contribution >= 0.6 is 0 Å². The Morgan fingerprint density at radius 2 is 2.00 bits per heavy atom. The lowest BCUT2D eigenvalue weighted by Crippen LogP contribution is -2.52. The number of methoxy groups -OCH3 is 1. The molecule has 0 saturated carbocycles. The fraction of sp³-hybridized carbons (Fsp3) is 0.200. The van der Waals surface area contributed by atoms with E-state index in [2.05, 4.69) is 30.6 Å². The van der Waals surface area contributed by atoms with E-state index < -0.39 is 17.8 Å². The van der Waals surface area contributed by atoms with Gasteiger partial charge in [-0.05, 0) is 30.7 Å². The Bertz CT molecular complexity index is 1600. The molecule has 4 aromatic rings. The summed E-state index contributed by atoms with van der Waals surface area (Å²) in [4.78, 5) is 55.1. The Balaban J connectivity index is 1.38. The monoisotopic (exact) mass is 501 g/mol. The number of piperidine rings is 1. The molecule has 11 nitrogen and oxygen atoms in total. The minimum absolute atomic E-state index is 0.176. The second-order valence-electron chi connectivity index (χ2n) is 8.70.